The van der Waals surface area contributed by atoms with E-state index in [1.807, 2.05) is 0 Å². The maximum atomic E-state index is 12.9. The maximum absolute atomic E-state index is 12.9. The quantitative estimate of drug-likeness (QED) is 0.863. The fraction of sp³-hybridized carbons (Fsp3) is 0.375. The molecule has 0 bridgehead atoms. The van der Waals surface area contributed by atoms with Crippen LogP contribution in [0.25, 0.3) is 5.57 Å². The Morgan fingerprint density at radius 2 is 2.09 bits per heavy atom. The van der Waals surface area contributed by atoms with Crippen LogP contribution in [-0.2, 0) is 14.3 Å². The van der Waals surface area contributed by atoms with Crippen LogP contribution in [0, 0.1) is 5.82 Å². The molecule has 0 aliphatic carbocycles. The van der Waals surface area contributed by atoms with Crippen LogP contribution in [0.4, 0.5) is 4.39 Å². The number of hydrogen-bond acceptors (Lipinski definition) is 3. The molecule has 0 aromatic heterocycles. The van der Waals surface area contributed by atoms with Gasteiger partial charge in [0.2, 0.25) is 5.91 Å². The molecule has 1 N–H and O–H groups in total. The lowest BCUT2D eigenvalue weighted by atomic mass is 10.1. The van der Waals surface area contributed by atoms with Crippen LogP contribution in [0.3, 0.4) is 0 Å². The summed E-state index contributed by atoms with van der Waals surface area (Å²) in [4.78, 5) is 24.5. The number of carboxylic acid groups (broad SMARTS) is 1. The van der Waals surface area contributed by atoms with Gasteiger partial charge in [0, 0.05) is 19.2 Å². The Morgan fingerprint density at radius 3 is 2.73 bits per heavy atom. The third-order valence-corrected chi connectivity index (χ3v) is 3.49. The van der Waals surface area contributed by atoms with Crippen molar-refractivity contribution in [3.8, 4) is 0 Å². The van der Waals surface area contributed by atoms with Gasteiger partial charge in [-0.1, -0.05) is 12.1 Å². The Hall–Kier alpha value is -2.21. The molecule has 22 heavy (non-hydrogen) atoms. The zero-order valence-corrected chi connectivity index (χ0v) is 12.3. The highest BCUT2D eigenvalue weighted by molar-refractivity contribution is 5.95. The standard InChI is InChI=1S/C16H18FNO4/c1-11(12-2-4-13(17)5-3-12)8-15(19)18-6-7-22-14(10-18)9-16(20)21/h2-5,8,14H,6-7,9-10H2,1H3,(H,20,21)/b11-8-. The number of morpholine rings is 1. The van der Waals surface area contributed by atoms with Gasteiger partial charge in [-0.05, 0) is 30.2 Å². The summed E-state index contributed by atoms with van der Waals surface area (Å²) >= 11 is 0. The Balaban J connectivity index is 2.02. The molecule has 0 spiro atoms. The molecule has 1 aromatic rings. The molecule has 1 saturated heterocycles. The highest BCUT2D eigenvalue weighted by Gasteiger charge is 2.25. The average molecular weight is 307 g/mol. The highest BCUT2D eigenvalue weighted by atomic mass is 19.1. The zero-order chi connectivity index (χ0) is 16.1. The average Bonchev–Trinajstić information content (AvgIpc) is 2.47. The lowest BCUT2D eigenvalue weighted by molar-refractivity contribution is -0.145. The number of rotatable bonds is 4. The van der Waals surface area contributed by atoms with Crippen LogP contribution in [-0.4, -0.2) is 47.7 Å². The minimum absolute atomic E-state index is 0.121. The van der Waals surface area contributed by atoms with Gasteiger partial charge in [-0.25, -0.2) is 4.39 Å². The molecule has 1 fully saturated rings. The summed E-state index contributed by atoms with van der Waals surface area (Å²) in [5.41, 5.74) is 1.50. The lowest BCUT2D eigenvalue weighted by Gasteiger charge is -2.31. The predicted molar refractivity (Wildman–Crippen MR) is 78.6 cm³/mol. The summed E-state index contributed by atoms with van der Waals surface area (Å²) in [6.45, 7) is 2.80. The number of aliphatic carboxylic acids is 1. The number of ether oxygens (including phenoxy) is 1. The molecule has 6 heteroatoms. The first-order valence-corrected chi connectivity index (χ1v) is 7.02. The van der Waals surface area contributed by atoms with E-state index in [1.165, 1.54) is 18.2 Å². The molecule has 1 atom stereocenters. The number of carbonyl (C=O) groups excluding carboxylic acids is 1. The number of benzene rings is 1. The van der Waals surface area contributed by atoms with E-state index in [4.69, 9.17) is 9.84 Å². The maximum Gasteiger partial charge on any atom is 0.306 e. The number of nitrogens with zero attached hydrogens (tertiary/aromatic N) is 1. The van der Waals surface area contributed by atoms with E-state index in [1.54, 1.807) is 24.0 Å². The minimum atomic E-state index is -0.947. The third kappa shape index (κ3) is 4.39. The van der Waals surface area contributed by atoms with Gasteiger partial charge in [0.25, 0.3) is 0 Å². The second-order valence-corrected chi connectivity index (χ2v) is 5.21. The number of amides is 1. The fourth-order valence-corrected chi connectivity index (χ4v) is 2.31. The first-order valence-electron chi connectivity index (χ1n) is 7.02. The van der Waals surface area contributed by atoms with Gasteiger partial charge in [0.15, 0.2) is 0 Å². The van der Waals surface area contributed by atoms with Gasteiger partial charge in [-0.15, -0.1) is 0 Å². The van der Waals surface area contributed by atoms with Crippen molar-refractivity contribution in [2.45, 2.75) is 19.4 Å². The molecule has 1 unspecified atom stereocenters. The molecule has 0 saturated carbocycles. The number of carbonyl (C=O) groups is 2. The summed E-state index contributed by atoms with van der Waals surface area (Å²) in [6, 6.07) is 5.91. The van der Waals surface area contributed by atoms with Crippen LogP contribution in [0.2, 0.25) is 0 Å². The topological polar surface area (TPSA) is 66.8 Å². The fourth-order valence-electron chi connectivity index (χ4n) is 2.31. The van der Waals surface area contributed by atoms with Gasteiger partial charge in [0.1, 0.15) is 5.82 Å². The van der Waals surface area contributed by atoms with Crippen molar-refractivity contribution in [3.63, 3.8) is 0 Å². The van der Waals surface area contributed by atoms with E-state index >= 15 is 0 Å². The Morgan fingerprint density at radius 1 is 1.41 bits per heavy atom. The van der Waals surface area contributed by atoms with E-state index in [-0.39, 0.29) is 24.7 Å². The van der Waals surface area contributed by atoms with Crippen molar-refractivity contribution in [1.82, 2.24) is 4.90 Å². The number of halogens is 1. The molecule has 0 radical (unpaired) electrons. The second-order valence-electron chi connectivity index (χ2n) is 5.21. The SMILES string of the molecule is C/C(=C/C(=O)N1CCOC(CC(=O)O)C1)c1ccc(F)cc1. The molecule has 2 rings (SSSR count). The highest BCUT2D eigenvalue weighted by Crippen LogP contribution is 2.16. The molecule has 1 heterocycles. The Bertz CT molecular complexity index is 582. The summed E-state index contributed by atoms with van der Waals surface area (Å²) in [5.74, 6) is -1.47. The molecule has 1 aliphatic rings. The first-order chi connectivity index (χ1) is 10.5. The molecular weight excluding hydrogens is 289 g/mol. The first kappa shape index (κ1) is 16.2. The van der Waals surface area contributed by atoms with E-state index in [0.717, 1.165) is 11.1 Å². The van der Waals surface area contributed by atoms with Crippen molar-refractivity contribution >= 4 is 17.4 Å². The van der Waals surface area contributed by atoms with Crippen LogP contribution >= 0.6 is 0 Å². The van der Waals surface area contributed by atoms with Gasteiger partial charge in [0.05, 0.1) is 19.1 Å². The number of carboxylic acids is 1. The van der Waals surface area contributed by atoms with Crippen LogP contribution < -0.4 is 0 Å². The summed E-state index contributed by atoms with van der Waals surface area (Å²) < 4.78 is 18.2. The van der Waals surface area contributed by atoms with Crippen molar-refractivity contribution in [1.29, 1.82) is 0 Å². The van der Waals surface area contributed by atoms with Crippen molar-refractivity contribution in [2.24, 2.45) is 0 Å². The van der Waals surface area contributed by atoms with E-state index in [2.05, 4.69) is 0 Å². The third-order valence-electron chi connectivity index (χ3n) is 3.49. The normalized spacial score (nSPS) is 19.1. The van der Waals surface area contributed by atoms with Gasteiger partial charge >= 0.3 is 5.97 Å². The number of allylic oxidation sites excluding steroid dienone is 1. The summed E-state index contributed by atoms with van der Waals surface area (Å²) in [6.07, 6.45) is 0.885. The van der Waals surface area contributed by atoms with Crippen LogP contribution in [0.5, 0.6) is 0 Å². The van der Waals surface area contributed by atoms with Crippen molar-refractivity contribution in [2.75, 3.05) is 19.7 Å². The molecule has 1 aromatic carbocycles. The van der Waals surface area contributed by atoms with Gasteiger partial charge in [-0.3, -0.25) is 9.59 Å². The largest absolute Gasteiger partial charge is 0.481 e. The second kappa shape index (κ2) is 7.17. The monoisotopic (exact) mass is 307 g/mol. The molecule has 1 amide bonds. The Labute approximate surface area is 128 Å². The van der Waals surface area contributed by atoms with Gasteiger partial charge < -0.3 is 14.7 Å². The number of hydrogen-bond donors (Lipinski definition) is 1. The van der Waals surface area contributed by atoms with E-state index in [0.29, 0.717) is 13.2 Å². The minimum Gasteiger partial charge on any atom is -0.481 e. The smallest absolute Gasteiger partial charge is 0.306 e. The molecule has 5 nitrogen and oxygen atoms in total. The summed E-state index contributed by atoms with van der Waals surface area (Å²) in [5, 5.41) is 8.78. The van der Waals surface area contributed by atoms with E-state index in [9.17, 15) is 14.0 Å². The van der Waals surface area contributed by atoms with Crippen LogP contribution in [0.15, 0.2) is 30.3 Å². The Kier molecular flexibility index (Phi) is 5.27. The van der Waals surface area contributed by atoms with Gasteiger partial charge in [-0.2, -0.15) is 0 Å². The molecular formula is C16H18FNO4. The van der Waals surface area contributed by atoms with Crippen LogP contribution in [0.1, 0.15) is 18.9 Å². The summed E-state index contributed by atoms with van der Waals surface area (Å²) in [7, 11) is 0. The predicted octanol–water partition coefficient (Wildman–Crippen LogP) is 1.93. The zero-order valence-electron chi connectivity index (χ0n) is 12.3. The lowest BCUT2D eigenvalue weighted by Crippen LogP contribution is -2.45. The van der Waals surface area contributed by atoms with Crippen molar-refractivity contribution in [3.05, 3.63) is 41.7 Å². The van der Waals surface area contributed by atoms with Crippen molar-refractivity contribution < 1.29 is 23.8 Å². The van der Waals surface area contributed by atoms with E-state index < -0.39 is 12.1 Å². The molecule has 118 valence electrons. The molecule has 1 aliphatic heterocycles.